The summed E-state index contributed by atoms with van der Waals surface area (Å²) in [6.07, 6.45) is 5.43. The molecule has 0 fully saturated rings. The molecule has 0 amide bonds. The summed E-state index contributed by atoms with van der Waals surface area (Å²) in [4.78, 5) is 15.2. The van der Waals surface area contributed by atoms with E-state index in [1.807, 2.05) is 18.3 Å². The first-order valence-corrected chi connectivity index (χ1v) is 7.39. The van der Waals surface area contributed by atoms with Gasteiger partial charge in [-0.25, -0.2) is 9.97 Å². The van der Waals surface area contributed by atoms with Gasteiger partial charge in [0.15, 0.2) is 0 Å². The van der Waals surface area contributed by atoms with Crippen molar-refractivity contribution in [2.45, 2.75) is 26.7 Å². The lowest BCUT2D eigenvalue weighted by Crippen LogP contribution is -2.23. The first-order chi connectivity index (χ1) is 10.2. The number of hydrogen-bond acceptors (Lipinski definition) is 5. The third-order valence-corrected chi connectivity index (χ3v) is 3.39. The van der Waals surface area contributed by atoms with E-state index in [1.165, 1.54) is 0 Å². The molecule has 0 aliphatic rings. The highest BCUT2D eigenvalue weighted by Crippen LogP contribution is 2.21. The van der Waals surface area contributed by atoms with Gasteiger partial charge in [0.1, 0.15) is 18.0 Å². The average molecular weight is 285 g/mol. The minimum Gasteiger partial charge on any atom is -0.370 e. The third-order valence-electron chi connectivity index (χ3n) is 3.39. The highest BCUT2D eigenvalue weighted by Gasteiger charge is 2.10. The lowest BCUT2D eigenvalue weighted by molar-refractivity contribution is 0.830. The quantitative estimate of drug-likeness (QED) is 0.847. The molecular formula is C16H23N5. The molecule has 2 aromatic heterocycles. The van der Waals surface area contributed by atoms with Gasteiger partial charge >= 0.3 is 0 Å². The number of likely N-dealkylation sites (N-methyl/N-ethyl adjacent to an activating group) is 1. The van der Waals surface area contributed by atoms with Crippen molar-refractivity contribution in [1.82, 2.24) is 15.0 Å². The predicted molar refractivity (Wildman–Crippen MR) is 86.8 cm³/mol. The number of rotatable bonds is 7. The SMILES string of the molecule is CCCNc1ncnc(N(C)CCc2ccccn2)c1C. The van der Waals surface area contributed by atoms with Crippen molar-refractivity contribution in [3.8, 4) is 0 Å². The van der Waals surface area contributed by atoms with E-state index >= 15 is 0 Å². The zero-order valence-electron chi connectivity index (χ0n) is 13.0. The van der Waals surface area contributed by atoms with Crippen molar-refractivity contribution in [1.29, 1.82) is 0 Å². The van der Waals surface area contributed by atoms with Crippen molar-refractivity contribution >= 4 is 11.6 Å². The Morgan fingerprint density at radius 3 is 2.76 bits per heavy atom. The number of hydrogen-bond donors (Lipinski definition) is 1. The molecular weight excluding hydrogens is 262 g/mol. The van der Waals surface area contributed by atoms with E-state index in [-0.39, 0.29) is 0 Å². The lowest BCUT2D eigenvalue weighted by Gasteiger charge is -2.21. The van der Waals surface area contributed by atoms with Crippen LogP contribution in [0.2, 0.25) is 0 Å². The van der Waals surface area contributed by atoms with Gasteiger partial charge in [-0.15, -0.1) is 0 Å². The number of nitrogens with one attached hydrogen (secondary N) is 1. The van der Waals surface area contributed by atoms with Crippen LogP contribution in [0.5, 0.6) is 0 Å². The van der Waals surface area contributed by atoms with E-state index in [0.29, 0.717) is 0 Å². The van der Waals surface area contributed by atoms with E-state index in [2.05, 4.69) is 52.1 Å². The molecule has 2 aromatic rings. The van der Waals surface area contributed by atoms with Crippen LogP contribution in [0.4, 0.5) is 11.6 Å². The van der Waals surface area contributed by atoms with Crippen LogP contribution in [-0.4, -0.2) is 35.1 Å². The highest BCUT2D eigenvalue weighted by molar-refractivity contribution is 5.57. The van der Waals surface area contributed by atoms with Gasteiger partial charge in [0, 0.05) is 44.0 Å². The van der Waals surface area contributed by atoms with E-state index < -0.39 is 0 Å². The van der Waals surface area contributed by atoms with Crippen LogP contribution in [-0.2, 0) is 6.42 Å². The molecule has 21 heavy (non-hydrogen) atoms. The van der Waals surface area contributed by atoms with Gasteiger partial charge in [-0.05, 0) is 25.5 Å². The van der Waals surface area contributed by atoms with Gasteiger partial charge in [0.05, 0.1) is 0 Å². The number of anilines is 2. The Balaban J connectivity index is 2.03. The van der Waals surface area contributed by atoms with Crippen molar-refractivity contribution < 1.29 is 0 Å². The average Bonchev–Trinajstić information content (AvgIpc) is 2.52. The Morgan fingerprint density at radius 2 is 2.05 bits per heavy atom. The maximum Gasteiger partial charge on any atom is 0.136 e. The fourth-order valence-electron chi connectivity index (χ4n) is 2.18. The van der Waals surface area contributed by atoms with Crippen LogP contribution in [0, 0.1) is 6.92 Å². The predicted octanol–water partition coefficient (Wildman–Crippen LogP) is 2.68. The summed E-state index contributed by atoms with van der Waals surface area (Å²) in [5, 5.41) is 3.34. The summed E-state index contributed by atoms with van der Waals surface area (Å²) in [6.45, 7) is 6.01. The second-order valence-electron chi connectivity index (χ2n) is 5.09. The van der Waals surface area contributed by atoms with Crippen LogP contribution >= 0.6 is 0 Å². The first kappa shape index (κ1) is 15.2. The van der Waals surface area contributed by atoms with Crippen LogP contribution in [0.15, 0.2) is 30.7 Å². The second kappa shape index (κ2) is 7.57. The molecule has 5 heteroatoms. The van der Waals surface area contributed by atoms with Crippen LogP contribution < -0.4 is 10.2 Å². The maximum atomic E-state index is 4.41. The lowest BCUT2D eigenvalue weighted by atomic mass is 10.2. The van der Waals surface area contributed by atoms with Crippen molar-refractivity contribution in [2.75, 3.05) is 30.4 Å². The van der Waals surface area contributed by atoms with Gasteiger partial charge < -0.3 is 10.2 Å². The minimum atomic E-state index is 0.877. The molecule has 2 heterocycles. The fraction of sp³-hybridized carbons (Fsp3) is 0.438. The topological polar surface area (TPSA) is 53.9 Å². The minimum absolute atomic E-state index is 0.877. The Morgan fingerprint density at radius 1 is 1.19 bits per heavy atom. The van der Waals surface area contributed by atoms with E-state index in [0.717, 1.165) is 48.8 Å². The third kappa shape index (κ3) is 4.15. The van der Waals surface area contributed by atoms with Crippen LogP contribution in [0.3, 0.4) is 0 Å². The molecule has 0 bridgehead atoms. The van der Waals surface area contributed by atoms with Gasteiger partial charge in [0.2, 0.25) is 0 Å². The molecule has 0 spiro atoms. The van der Waals surface area contributed by atoms with Crippen molar-refractivity contribution in [3.05, 3.63) is 42.0 Å². The standard InChI is InChI=1S/C16H23N5/c1-4-9-18-15-13(2)16(20-12-19-15)21(3)11-8-14-7-5-6-10-17-14/h5-7,10,12H,4,8-9,11H2,1-3H3,(H,18,19,20). The molecule has 0 radical (unpaired) electrons. The largest absolute Gasteiger partial charge is 0.370 e. The molecule has 0 aliphatic heterocycles. The summed E-state index contributed by atoms with van der Waals surface area (Å²) in [6, 6.07) is 6.01. The smallest absolute Gasteiger partial charge is 0.136 e. The molecule has 2 rings (SSSR count). The highest BCUT2D eigenvalue weighted by atomic mass is 15.2. The second-order valence-corrected chi connectivity index (χ2v) is 5.09. The molecule has 0 aromatic carbocycles. The number of nitrogens with zero attached hydrogens (tertiary/aromatic N) is 4. The fourth-order valence-corrected chi connectivity index (χ4v) is 2.18. The van der Waals surface area contributed by atoms with Gasteiger partial charge in [-0.1, -0.05) is 13.0 Å². The zero-order valence-corrected chi connectivity index (χ0v) is 13.0. The molecule has 0 unspecified atom stereocenters. The van der Waals surface area contributed by atoms with E-state index in [9.17, 15) is 0 Å². The number of aromatic nitrogens is 3. The molecule has 0 saturated heterocycles. The van der Waals surface area contributed by atoms with Gasteiger partial charge in [0.25, 0.3) is 0 Å². The molecule has 0 atom stereocenters. The number of pyridine rings is 1. The Kier molecular flexibility index (Phi) is 5.49. The first-order valence-electron chi connectivity index (χ1n) is 7.39. The Labute approximate surface area is 126 Å². The summed E-state index contributed by atoms with van der Waals surface area (Å²) < 4.78 is 0. The monoisotopic (exact) mass is 285 g/mol. The van der Waals surface area contributed by atoms with E-state index in [1.54, 1.807) is 6.33 Å². The van der Waals surface area contributed by atoms with Gasteiger partial charge in [-0.2, -0.15) is 0 Å². The van der Waals surface area contributed by atoms with Gasteiger partial charge in [-0.3, -0.25) is 4.98 Å². The summed E-state index contributed by atoms with van der Waals surface area (Å²) in [5.41, 5.74) is 2.19. The molecule has 1 N–H and O–H groups in total. The normalized spacial score (nSPS) is 10.4. The summed E-state index contributed by atoms with van der Waals surface area (Å²) in [5.74, 6) is 1.89. The molecule has 0 aliphatic carbocycles. The Hall–Kier alpha value is -2.17. The van der Waals surface area contributed by atoms with Crippen LogP contribution in [0.25, 0.3) is 0 Å². The summed E-state index contributed by atoms with van der Waals surface area (Å²) >= 11 is 0. The zero-order chi connectivity index (χ0) is 15.1. The Bertz CT molecular complexity index is 556. The molecule has 5 nitrogen and oxygen atoms in total. The summed E-state index contributed by atoms with van der Waals surface area (Å²) in [7, 11) is 2.06. The maximum absolute atomic E-state index is 4.41. The van der Waals surface area contributed by atoms with Crippen LogP contribution in [0.1, 0.15) is 24.6 Å². The molecule has 112 valence electrons. The van der Waals surface area contributed by atoms with Crippen molar-refractivity contribution in [3.63, 3.8) is 0 Å². The molecule has 0 saturated carbocycles. The van der Waals surface area contributed by atoms with E-state index in [4.69, 9.17) is 0 Å². The van der Waals surface area contributed by atoms with Crippen molar-refractivity contribution in [2.24, 2.45) is 0 Å².